The molecule has 1 fully saturated rings. The van der Waals surface area contributed by atoms with E-state index in [1.165, 1.54) is 0 Å². The largest absolute Gasteiger partial charge is 0.496 e. The van der Waals surface area contributed by atoms with Gasteiger partial charge in [0, 0.05) is 17.6 Å². The molecule has 1 aromatic carbocycles. The Labute approximate surface area is 108 Å². The molecule has 4 heteroatoms. The Hall–Kier alpha value is -1.55. The van der Waals surface area contributed by atoms with Gasteiger partial charge in [0.25, 0.3) is 0 Å². The zero-order chi connectivity index (χ0) is 13.1. The van der Waals surface area contributed by atoms with Gasteiger partial charge in [-0.15, -0.1) is 0 Å². The van der Waals surface area contributed by atoms with Gasteiger partial charge in [-0.05, 0) is 49.9 Å². The molecule has 2 rings (SSSR count). The highest BCUT2D eigenvalue weighted by atomic mass is 16.5. The summed E-state index contributed by atoms with van der Waals surface area (Å²) in [4.78, 5) is 12.0. The fraction of sp³-hybridized carbons (Fsp3) is 0.500. The second-order valence-corrected chi connectivity index (χ2v) is 4.94. The second kappa shape index (κ2) is 5.40. The van der Waals surface area contributed by atoms with Crippen molar-refractivity contribution in [3.05, 3.63) is 23.8 Å². The number of nitrogens with one attached hydrogen (secondary N) is 1. The van der Waals surface area contributed by atoms with Crippen molar-refractivity contribution in [1.29, 1.82) is 0 Å². The normalized spacial score (nSPS) is 22.8. The maximum absolute atomic E-state index is 12.0. The lowest BCUT2D eigenvalue weighted by Crippen LogP contribution is -2.23. The van der Waals surface area contributed by atoms with Crippen LogP contribution in [0.25, 0.3) is 0 Å². The van der Waals surface area contributed by atoms with Crippen LogP contribution in [0.2, 0.25) is 0 Å². The van der Waals surface area contributed by atoms with E-state index in [0.29, 0.717) is 0 Å². The predicted octanol–water partition coefficient (Wildman–Crippen LogP) is 2.07. The van der Waals surface area contributed by atoms with Crippen LogP contribution in [0, 0.1) is 12.8 Å². The summed E-state index contributed by atoms with van der Waals surface area (Å²) in [6.45, 7) is 1.96. The monoisotopic (exact) mass is 248 g/mol. The van der Waals surface area contributed by atoms with E-state index in [0.717, 1.165) is 36.3 Å². The lowest BCUT2D eigenvalue weighted by molar-refractivity contribution is -0.119. The van der Waals surface area contributed by atoms with E-state index in [1.54, 1.807) is 7.11 Å². The second-order valence-electron chi connectivity index (χ2n) is 4.94. The van der Waals surface area contributed by atoms with E-state index >= 15 is 0 Å². The van der Waals surface area contributed by atoms with Crippen LogP contribution in [-0.2, 0) is 4.79 Å². The number of anilines is 1. The van der Waals surface area contributed by atoms with E-state index in [-0.39, 0.29) is 17.9 Å². The molecule has 0 bridgehead atoms. The minimum absolute atomic E-state index is 0.0578. The predicted molar refractivity (Wildman–Crippen MR) is 71.7 cm³/mol. The molecule has 2 atom stereocenters. The van der Waals surface area contributed by atoms with Crippen LogP contribution in [0.15, 0.2) is 18.2 Å². The molecule has 0 heterocycles. The van der Waals surface area contributed by atoms with Gasteiger partial charge in [-0.2, -0.15) is 0 Å². The van der Waals surface area contributed by atoms with Crippen molar-refractivity contribution in [3.8, 4) is 5.75 Å². The number of hydrogen-bond donors (Lipinski definition) is 2. The van der Waals surface area contributed by atoms with Crippen LogP contribution in [0.3, 0.4) is 0 Å². The number of ether oxygens (including phenoxy) is 1. The summed E-state index contributed by atoms with van der Waals surface area (Å²) in [5, 5.41) is 2.95. The molecule has 98 valence electrons. The highest BCUT2D eigenvalue weighted by Crippen LogP contribution is 2.26. The smallest absolute Gasteiger partial charge is 0.227 e. The Balaban J connectivity index is 2.01. The number of carbonyl (C=O) groups is 1. The highest BCUT2D eigenvalue weighted by Gasteiger charge is 2.27. The molecule has 1 aliphatic rings. The van der Waals surface area contributed by atoms with Gasteiger partial charge < -0.3 is 15.8 Å². The van der Waals surface area contributed by atoms with Crippen LogP contribution in [-0.4, -0.2) is 19.1 Å². The van der Waals surface area contributed by atoms with Gasteiger partial charge in [0.2, 0.25) is 5.91 Å². The summed E-state index contributed by atoms with van der Waals surface area (Å²) in [6, 6.07) is 5.83. The van der Waals surface area contributed by atoms with Gasteiger partial charge >= 0.3 is 0 Å². The van der Waals surface area contributed by atoms with E-state index in [2.05, 4.69) is 5.32 Å². The van der Waals surface area contributed by atoms with Crippen LogP contribution in [0.1, 0.15) is 24.8 Å². The zero-order valence-electron chi connectivity index (χ0n) is 10.9. The summed E-state index contributed by atoms with van der Waals surface area (Å²) in [5.74, 6) is 0.964. The third-order valence-corrected chi connectivity index (χ3v) is 3.51. The van der Waals surface area contributed by atoms with E-state index in [4.69, 9.17) is 10.5 Å². The maximum Gasteiger partial charge on any atom is 0.227 e. The van der Waals surface area contributed by atoms with Gasteiger partial charge in [-0.3, -0.25) is 4.79 Å². The number of amides is 1. The first-order valence-electron chi connectivity index (χ1n) is 6.31. The lowest BCUT2D eigenvalue weighted by Gasteiger charge is -2.12. The first-order valence-corrected chi connectivity index (χ1v) is 6.31. The SMILES string of the molecule is COc1ccc(NC(=O)C2CCC(N)C2)cc1C. The third-order valence-electron chi connectivity index (χ3n) is 3.51. The quantitative estimate of drug-likeness (QED) is 0.860. The minimum atomic E-state index is 0.0578. The van der Waals surface area contributed by atoms with Gasteiger partial charge in [0.1, 0.15) is 5.75 Å². The first-order chi connectivity index (χ1) is 8.60. The van der Waals surface area contributed by atoms with Crippen molar-refractivity contribution in [3.63, 3.8) is 0 Å². The van der Waals surface area contributed by atoms with Crippen molar-refractivity contribution in [2.45, 2.75) is 32.2 Å². The van der Waals surface area contributed by atoms with Gasteiger partial charge in [-0.25, -0.2) is 0 Å². The molecule has 1 aromatic rings. The summed E-state index contributed by atoms with van der Waals surface area (Å²) in [7, 11) is 1.64. The molecule has 0 aliphatic heterocycles. The number of aryl methyl sites for hydroxylation is 1. The molecule has 4 nitrogen and oxygen atoms in total. The average Bonchev–Trinajstić information content (AvgIpc) is 2.76. The molecule has 2 unspecified atom stereocenters. The van der Waals surface area contributed by atoms with Crippen molar-refractivity contribution in [1.82, 2.24) is 0 Å². The van der Waals surface area contributed by atoms with Crippen LogP contribution < -0.4 is 15.8 Å². The average molecular weight is 248 g/mol. The molecule has 0 aromatic heterocycles. The molecule has 18 heavy (non-hydrogen) atoms. The Morgan fingerprint density at radius 1 is 1.44 bits per heavy atom. The number of carbonyl (C=O) groups excluding carboxylic acids is 1. The highest BCUT2D eigenvalue weighted by molar-refractivity contribution is 5.92. The topological polar surface area (TPSA) is 64.3 Å². The number of nitrogens with two attached hydrogens (primary N) is 1. The van der Waals surface area contributed by atoms with Crippen molar-refractivity contribution in [2.75, 3.05) is 12.4 Å². The number of benzene rings is 1. The molecule has 1 aliphatic carbocycles. The molecular formula is C14H20N2O2. The van der Waals surface area contributed by atoms with E-state index in [9.17, 15) is 4.79 Å². The number of methoxy groups -OCH3 is 1. The number of rotatable bonds is 3. The summed E-state index contributed by atoms with van der Waals surface area (Å²) >= 11 is 0. The molecular weight excluding hydrogens is 228 g/mol. The van der Waals surface area contributed by atoms with E-state index < -0.39 is 0 Å². The first kappa shape index (κ1) is 12.9. The van der Waals surface area contributed by atoms with Crippen LogP contribution in [0.5, 0.6) is 5.75 Å². The van der Waals surface area contributed by atoms with Crippen LogP contribution >= 0.6 is 0 Å². The minimum Gasteiger partial charge on any atom is -0.496 e. The summed E-state index contributed by atoms with van der Waals surface area (Å²) < 4.78 is 5.19. The van der Waals surface area contributed by atoms with Crippen LogP contribution in [0.4, 0.5) is 5.69 Å². The van der Waals surface area contributed by atoms with Gasteiger partial charge in [0.15, 0.2) is 0 Å². The standard InChI is InChI=1S/C14H20N2O2/c1-9-7-12(5-6-13(9)18-2)16-14(17)10-3-4-11(15)8-10/h5-7,10-11H,3-4,8,15H2,1-2H3,(H,16,17). The van der Waals surface area contributed by atoms with Gasteiger partial charge in [0.05, 0.1) is 7.11 Å². The fourth-order valence-electron chi connectivity index (χ4n) is 2.46. The Kier molecular flexibility index (Phi) is 3.87. The van der Waals surface area contributed by atoms with Crippen molar-refractivity contribution in [2.24, 2.45) is 11.7 Å². The lowest BCUT2D eigenvalue weighted by atomic mass is 10.1. The van der Waals surface area contributed by atoms with Crippen molar-refractivity contribution >= 4 is 11.6 Å². The van der Waals surface area contributed by atoms with E-state index in [1.807, 2.05) is 25.1 Å². The Bertz CT molecular complexity index is 445. The van der Waals surface area contributed by atoms with Gasteiger partial charge in [-0.1, -0.05) is 0 Å². The Morgan fingerprint density at radius 2 is 2.22 bits per heavy atom. The molecule has 0 spiro atoms. The fourth-order valence-corrected chi connectivity index (χ4v) is 2.46. The summed E-state index contributed by atoms with van der Waals surface area (Å²) in [5.41, 5.74) is 7.65. The summed E-state index contributed by atoms with van der Waals surface area (Å²) in [6.07, 6.45) is 2.63. The molecule has 3 N–H and O–H groups in total. The molecule has 1 saturated carbocycles. The molecule has 1 amide bonds. The molecule has 0 radical (unpaired) electrons. The number of hydrogen-bond acceptors (Lipinski definition) is 3. The van der Waals surface area contributed by atoms with Crippen molar-refractivity contribution < 1.29 is 9.53 Å². The Morgan fingerprint density at radius 3 is 2.78 bits per heavy atom. The maximum atomic E-state index is 12.0. The molecule has 0 saturated heterocycles. The zero-order valence-corrected chi connectivity index (χ0v) is 10.9. The third kappa shape index (κ3) is 2.82.